The zero-order chi connectivity index (χ0) is 12.7. The number of halogens is 1. The number of hydrogen-bond donors (Lipinski definition) is 2. The molecule has 2 N–H and O–H groups in total. The Morgan fingerprint density at radius 2 is 2.33 bits per heavy atom. The third kappa shape index (κ3) is 1.78. The zero-order valence-electron chi connectivity index (χ0n) is 9.87. The van der Waals surface area contributed by atoms with Crippen LogP contribution in [0.25, 0.3) is 10.9 Å². The smallest absolute Gasteiger partial charge is 0.304 e. The minimum atomic E-state index is -0.780. The van der Waals surface area contributed by atoms with Crippen LogP contribution in [0.3, 0.4) is 0 Å². The molecule has 1 aliphatic carbocycles. The van der Waals surface area contributed by atoms with Crippen LogP contribution in [0.2, 0.25) is 0 Å². The first-order valence-corrected chi connectivity index (χ1v) is 6.17. The van der Waals surface area contributed by atoms with Crippen LogP contribution in [0, 0.1) is 5.82 Å². The van der Waals surface area contributed by atoms with Gasteiger partial charge in [0.1, 0.15) is 5.82 Å². The van der Waals surface area contributed by atoms with Crippen LogP contribution in [0.5, 0.6) is 0 Å². The van der Waals surface area contributed by atoms with E-state index in [9.17, 15) is 9.18 Å². The van der Waals surface area contributed by atoms with E-state index < -0.39 is 5.97 Å². The lowest BCUT2D eigenvalue weighted by Crippen LogP contribution is -2.13. The Morgan fingerprint density at radius 3 is 3.11 bits per heavy atom. The van der Waals surface area contributed by atoms with Crippen molar-refractivity contribution in [2.45, 2.75) is 31.6 Å². The molecular weight excluding hydrogens is 233 g/mol. The van der Waals surface area contributed by atoms with Gasteiger partial charge in [0.25, 0.3) is 0 Å². The summed E-state index contributed by atoms with van der Waals surface area (Å²) in [5.41, 5.74) is 2.99. The van der Waals surface area contributed by atoms with Gasteiger partial charge in [-0.3, -0.25) is 4.79 Å². The number of hydrogen-bond acceptors (Lipinski definition) is 1. The summed E-state index contributed by atoms with van der Waals surface area (Å²) in [6.07, 6.45) is 2.89. The van der Waals surface area contributed by atoms with Gasteiger partial charge in [-0.25, -0.2) is 4.39 Å². The average Bonchev–Trinajstić information content (AvgIpc) is 2.68. The minimum absolute atomic E-state index is 0.0294. The average molecular weight is 247 g/mol. The van der Waals surface area contributed by atoms with Crippen LogP contribution >= 0.6 is 0 Å². The van der Waals surface area contributed by atoms with Gasteiger partial charge in [-0.1, -0.05) is 0 Å². The van der Waals surface area contributed by atoms with E-state index in [1.54, 1.807) is 6.07 Å². The van der Waals surface area contributed by atoms with Gasteiger partial charge in [-0.15, -0.1) is 0 Å². The number of H-pyrrole nitrogens is 1. The molecule has 1 heterocycles. The van der Waals surface area contributed by atoms with E-state index in [4.69, 9.17) is 5.11 Å². The zero-order valence-corrected chi connectivity index (χ0v) is 9.87. The molecule has 94 valence electrons. The van der Waals surface area contributed by atoms with Crippen molar-refractivity contribution in [2.75, 3.05) is 0 Å². The summed E-state index contributed by atoms with van der Waals surface area (Å²) in [5.74, 6) is -0.996. The van der Waals surface area contributed by atoms with Crippen molar-refractivity contribution in [1.29, 1.82) is 0 Å². The lowest BCUT2D eigenvalue weighted by atomic mass is 9.85. The van der Waals surface area contributed by atoms with E-state index in [0.717, 1.165) is 41.4 Å². The first-order valence-electron chi connectivity index (χ1n) is 6.17. The van der Waals surface area contributed by atoms with E-state index in [-0.39, 0.29) is 18.2 Å². The quantitative estimate of drug-likeness (QED) is 0.856. The molecule has 1 aromatic carbocycles. The molecule has 4 heteroatoms. The summed E-state index contributed by atoms with van der Waals surface area (Å²) in [5, 5.41) is 9.84. The summed E-state index contributed by atoms with van der Waals surface area (Å²) >= 11 is 0. The molecule has 0 amide bonds. The van der Waals surface area contributed by atoms with Crippen LogP contribution in [0.4, 0.5) is 4.39 Å². The highest BCUT2D eigenvalue weighted by molar-refractivity contribution is 5.85. The van der Waals surface area contributed by atoms with Gasteiger partial charge in [-0.05, 0) is 43.0 Å². The number of aromatic nitrogens is 1. The molecule has 18 heavy (non-hydrogen) atoms. The Balaban J connectivity index is 2.12. The molecular formula is C14H14FNO2. The second-order valence-electron chi connectivity index (χ2n) is 4.89. The van der Waals surface area contributed by atoms with Crippen molar-refractivity contribution in [3.05, 3.63) is 35.3 Å². The molecule has 0 saturated heterocycles. The summed E-state index contributed by atoms with van der Waals surface area (Å²) in [6.45, 7) is 0. The molecule has 0 radical (unpaired) electrons. The largest absolute Gasteiger partial charge is 0.481 e. The lowest BCUT2D eigenvalue weighted by Gasteiger charge is -2.20. The highest BCUT2D eigenvalue weighted by atomic mass is 19.1. The molecule has 1 atom stereocenters. The molecule has 0 aliphatic heterocycles. The standard InChI is InChI=1S/C14H14FNO2/c15-9-4-5-12-11(7-9)10-3-1-2-8(6-13(17)18)14(10)16-12/h4-5,7-8,16H,1-3,6H2,(H,17,18). The van der Waals surface area contributed by atoms with E-state index in [1.165, 1.54) is 12.1 Å². The van der Waals surface area contributed by atoms with E-state index >= 15 is 0 Å². The number of fused-ring (bicyclic) bond motifs is 3. The number of benzene rings is 1. The Morgan fingerprint density at radius 1 is 1.50 bits per heavy atom. The fourth-order valence-corrected chi connectivity index (χ4v) is 2.94. The number of carbonyl (C=O) groups is 1. The number of carboxylic acids is 1. The van der Waals surface area contributed by atoms with Gasteiger partial charge in [0, 0.05) is 22.5 Å². The molecule has 1 aliphatic rings. The van der Waals surface area contributed by atoms with Gasteiger partial charge in [0.15, 0.2) is 0 Å². The molecule has 3 rings (SSSR count). The maximum Gasteiger partial charge on any atom is 0.304 e. The molecule has 0 bridgehead atoms. The van der Waals surface area contributed by atoms with Gasteiger partial charge in [0.05, 0.1) is 6.42 Å². The highest BCUT2D eigenvalue weighted by Crippen LogP contribution is 2.37. The summed E-state index contributed by atoms with van der Waals surface area (Å²) in [7, 11) is 0. The van der Waals surface area contributed by atoms with Crippen LogP contribution in [0.1, 0.15) is 36.4 Å². The Hall–Kier alpha value is -1.84. The van der Waals surface area contributed by atoms with Gasteiger partial charge in [-0.2, -0.15) is 0 Å². The molecule has 0 fully saturated rings. The Bertz CT molecular complexity index is 618. The van der Waals surface area contributed by atoms with Crippen LogP contribution in [-0.2, 0) is 11.2 Å². The molecule has 2 aromatic rings. The number of nitrogens with one attached hydrogen (secondary N) is 1. The predicted molar refractivity (Wildman–Crippen MR) is 66.2 cm³/mol. The van der Waals surface area contributed by atoms with Gasteiger partial charge < -0.3 is 10.1 Å². The summed E-state index contributed by atoms with van der Waals surface area (Å²) in [6, 6.07) is 4.69. The first kappa shape index (κ1) is 11.3. The van der Waals surface area contributed by atoms with Crippen LogP contribution in [-0.4, -0.2) is 16.1 Å². The third-order valence-corrected chi connectivity index (χ3v) is 3.71. The number of aryl methyl sites for hydroxylation is 1. The second-order valence-corrected chi connectivity index (χ2v) is 4.89. The van der Waals surface area contributed by atoms with Crippen molar-refractivity contribution < 1.29 is 14.3 Å². The summed E-state index contributed by atoms with van der Waals surface area (Å²) < 4.78 is 13.3. The molecule has 3 nitrogen and oxygen atoms in total. The predicted octanol–water partition coefficient (Wildman–Crippen LogP) is 3.20. The molecule has 0 spiro atoms. The van der Waals surface area contributed by atoms with Crippen molar-refractivity contribution in [2.24, 2.45) is 0 Å². The van der Waals surface area contributed by atoms with E-state index in [1.807, 2.05) is 0 Å². The van der Waals surface area contributed by atoms with Crippen molar-refractivity contribution in [3.8, 4) is 0 Å². The maximum absolute atomic E-state index is 13.3. The summed E-state index contributed by atoms with van der Waals surface area (Å²) in [4.78, 5) is 14.1. The topological polar surface area (TPSA) is 53.1 Å². The number of carboxylic acid groups (broad SMARTS) is 1. The van der Waals surface area contributed by atoms with Crippen molar-refractivity contribution in [1.82, 2.24) is 4.98 Å². The van der Waals surface area contributed by atoms with Crippen LogP contribution in [0.15, 0.2) is 18.2 Å². The second kappa shape index (κ2) is 4.12. The molecule has 1 unspecified atom stereocenters. The first-order chi connectivity index (χ1) is 8.65. The number of aliphatic carboxylic acids is 1. The Labute approximate surface area is 104 Å². The number of aromatic amines is 1. The van der Waals surface area contributed by atoms with Crippen molar-refractivity contribution in [3.63, 3.8) is 0 Å². The van der Waals surface area contributed by atoms with Gasteiger partial charge in [0.2, 0.25) is 0 Å². The third-order valence-electron chi connectivity index (χ3n) is 3.71. The lowest BCUT2D eigenvalue weighted by molar-refractivity contribution is -0.137. The maximum atomic E-state index is 13.3. The van der Waals surface area contributed by atoms with E-state index in [0.29, 0.717) is 0 Å². The van der Waals surface area contributed by atoms with E-state index in [2.05, 4.69) is 4.98 Å². The minimum Gasteiger partial charge on any atom is -0.481 e. The fraction of sp³-hybridized carbons (Fsp3) is 0.357. The van der Waals surface area contributed by atoms with Crippen molar-refractivity contribution >= 4 is 16.9 Å². The monoisotopic (exact) mass is 247 g/mol. The Kier molecular flexibility index (Phi) is 2.58. The SMILES string of the molecule is O=C(O)CC1CCCc2c1[nH]c1ccc(F)cc21. The molecule has 0 saturated carbocycles. The van der Waals surface area contributed by atoms with Crippen LogP contribution < -0.4 is 0 Å². The normalized spacial score (nSPS) is 18.8. The highest BCUT2D eigenvalue weighted by Gasteiger charge is 2.26. The van der Waals surface area contributed by atoms with Gasteiger partial charge >= 0.3 is 5.97 Å². The fourth-order valence-electron chi connectivity index (χ4n) is 2.94. The molecule has 1 aromatic heterocycles. The number of rotatable bonds is 2.